The summed E-state index contributed by atoms with van der Waals surface area (Å²) < 4.78 is 29.6. The largest absolute Gasteiger partial charge is 0.491 e. The van der Waals surface area contributed by atoms with E-state index >= 15 is 0 Å². The number of sulfone groups is 1. The van der Waals surface area contributed by atoms with Gasteiger partial charge in [0.25, 0.3) is 0 Å². The Hall–Kier alpha value is -1.36. The summed E-state index contributed by atoms with van der Waals surface area (Å²) in [6.45, 7) is 3.81. The molecule has 1 aliphatic heterocycles. The summed E-state index contributed by atoms with van der Waals surface area (Å²) in [6, 6.07) is 6.78. The maximum absolute atomic E-state index is 12.4. The van der Waals surface area contributed by atoms with E-state index in [4.69, 9.17) is 4.74 Å². The van der Waals surface area contributed by atoms with E-state index in [-0.39, 0.29) is 17.6 Å². The molecule has 5 heteroatoms. The fraction of sp³-hybridized carbons (Fsp3) is 0.533. The van der Waals surface area contributed by atoms with Gasteiger partial charge in [0.15, 0.2) is 15.6 Å². The highest BCUT2D eigenvalue weighted by molar-refractivity contribution is 7.92. The van der Waals surface area contributed by atoms with Gasteiger partial charge < -0.3 is 4.74 Å². The molecule has 1 aliphatic rings. The molecule has 1 unspecified atom stereocenters. The molecule has 1 heterocycles. The Morgan fingerprint density at radius 1 is 1.30 bits per heavy atom. The molecule has 0 amide bonds. The van der Waals surface area contributed by atoms with Gasteiger partial charge in [-0.15, -0.1) is 0 Å². The molecule has 4 nitrogen and oxygen atoms in total. The van der Waals surface area contributed by atoms with Crippen LogP contribution in [0.2, 0.25) is 0 Å². The van der Waals surface area contributed by atoms with Gasteiger partial charge in [0.1, 0.15) is 11.0 Å². The Labute approximate surface area is 120 Å². The van der Waals surface area contributed by atoms with Gasteiger partial charge in [-0.2, -0.15) is 0 Å². The molecule has 20 heavy (non-hydrogen) atoms. The Morgan fingerprint density at radius 3 is 2.70 bits per heavy atom. The number of carbonyl (C=O) groups is 1. The summed E-state index contributed by atoms with van der Waals surface area (Å²) in [5.74, 6) is 0.406. The van der Waals surface area contributed by atoms with Crippen LogP contribution in [0.15, 0.2) is 24.3 Å². The van der Waals surface area contributed by atoms with Gasteiger partial charge in [-0.3, -0.25) is 4.79 Å². The lowest BCUT2D eigenvalue weighted by atomic mass is 10.0. The highest BCUT2D eigenvalue weighted by atomic mass is 32.2. The first-order valence-electron chi connectivity index (χ1n) is 6.92. The molecule has 1 aromatic rings. The fourth-order valence-electron chi connectivity index (χ4n) is 2.43. The van der Waals surface area contributed by atoms with Crippen LogP contribution in [-0.2, 0) is 9.84 Å². The first-order chi connectivity index (χ1) is 9.40. The van der Waals surface area contributed by atoms with Crippen molar-refractivity contribution in [2.75, 3.05) is 5.75 Å². The molecule has 1 aromatic carbocycles. The van der Waals surface area contributed by atoms with E-state index in [1.807, 2.05) is 13.8 Å². The van der Waals surface area contributed by atoms with Crippen LogP contribution in [0.5, 0.6) is 5.75 Å². The lowest BCUT2D eigenvalue weighted by molar-refractivity contribution is 0.0980. The maximum Gasteiger partial charge on any atom is 0.181 e. The van der Waals surface area contributed by atoms with E-state index in [2.05, 4.69) is 0 Å². The standard InChI is InChI=1S/C15H20O4S/c1-11(2)19-13-7-5-6-12(10-13)15(16)14-8-3-4-9-20(14,17)18/h5-7,10-11,14H,3-4,8-9H2,1-2H3. The maximum atomic E-state index is 12.4. The number of hydrogen-bond acceptors (Lipinski definition) is 4. The molecule has 0 radical (unpaired) electrons. The second-order valence-corrected chi connectivity index (χ2v) is 7.71. The molecule has 1 fully saturated rings. The predicted octanol–water partition coefficient (Wildman–Crippen LogP) is 2.62. The molecule has 0 saturated carbocycles. The van der Waals surface area contributed by atoms with Crippen LogP contribution in [0.1, 0.15) is 43.5 Å². The van der Waals surface area contributed by atoms with Gasteiger partial charge in [0.05, 0.1) is 11.9 Å². The second kappa shape index (κ2) is 5.95. The van der Waals surface area contributed by atoms with Crippen molar-refractivity contribution in [3.05, 3.63) is 29.8 Å². The van der Waals surface area contributed by atoms with Crippen molar-refractivity contribution in [3.8, 4) is 5.75 Å². The minimum atomic E-state index is -3.30. The number of carbonyl (C=O) groups excluding carboxylic acids is 1. The Morgan fingerprint density at radius 2 is 2.05 bits per heavy atom. The average molecular weight is 296 g/mol. The zero-order chi connectivity index (χ0) is 14.8. The summed E-state index contributed by atoms with van der Waals surface area (Å²) in [7, 11) is -3.30. The van der Waals surface area contributed by atoms with Gasteiger partial charge in [-0.1, -0.05) is 18.6 Å². The average Bonchev–Trinajstić information content (AvgIpc) is 2.37. The van der Waals surface area contributed by atoms with E-state index in [1.165, 1.54) is 0 Å². The number of Topliss-reactive ketones (excluding diaryl/α,β-unsaturated/α-hetero) is 1. The summed E-state index contributed by atoms with van der Waals surface area (Å²) in [4.78, 5) is 12.4. The topological polar surface area (TPSA) is 60.4 Å². The van der Waals surface area contributed by atoms with E-state index in [9.17, 15) is 13.2 Å². The van der Waals surface area contributed by atoms with Crippen molar-refractivity contribution in [1.82, 2.24) is 0 Å². The Kier molecular flexibility index (Phi) is 4.48. The van der Waals surface area contributed by atoms with Crippen LogP contribution in [0.25, 0.3) is 0 Å². The van der Waals surface area contributed by atoms with Crippen molar-refractivity contribution < 1.29 is 17.9 Å². The minimum Gasteiger partial charge on any atom is -0.491 e. The monoisotopic (exact) mass is 296 g/mol. The highest BCUT2D eigenvalue weighted by Crippen LogP contribution is 2.24. The third-order valence-corrected chi connectivity index (χ3v) is 5.54. The molecule has 0 N–H and O–H groups in total. The molecule has 1 atom stereocenters. The van der Waals surface area contributed by atoms with Crippen LogP contribution >= 0.6 is 0 Å². The second-order valence-electron chi connectivity index (χ2n) is 5.41. The first kappa shape index (κ1) is 15.0. The lowest BCUT2D eigenvalue weighted by Crippen LogP contribution is -2.35. The third-order valence-electron chi connectivity index (χ3n) is 3.36. The van der Waals surface area contributed by atoms with Gasteiger partial charge in [-0.05, 0) is 38.8 Å². The molecular formula is C15H20O4S. The smallest absolute Gasteiger partial charge is 0.181 e. The summed E-state index contributed by atoms with van der Waals surface area (Å²) >= 11 is 0. The minimum absolute atomic E-state index is 0.0127. The van der Waals surface area contributed by atoms with E-state index < -0.39 is 15.1 Å². The molecule has 0 bridgehead atoms. The van der Waals surface area contributed by atoms with Crippen molar-refractivity contribution in [2.24, 2.45) is 0 Å². The van der Waals surface area contributed by atoms with Gasteiger partial charge in [-0.25, -0.2) is 8.42 Å². The quantitative estimate of drug-likeness (QED) is 0.801. The van der Waals surface area contributed by atoms with Crippen molar-refractivity contribution >= 4 is 15.6 Å². The number of ether oxygens (including phenoxy) is 1. The van der Waals surface area contributed by atoms with Crippen LogP contribution < -0.4 is 4.74 Å². The molecule has 0 aromatic heterocycles. The molecule has 1 saturated heterocycles. The normalized spacial score (nSPS) is 21.6. The molecule has 0 spiro atoms. The van der Waals surface area contributed by atoms with Crippen molar-refractivity contribution in [2.45, 2.75) is 44.5 Å². The van der Waals surface area contributed by atoms with Crippen LogP contribution in [0, 0.1) is 0 Å². The Bertz CT molecular complexity index is 590. The van der Waals surface area contributed by atoms with E-state index in [0.717, 1.165) is 6.42 Å². The zero-order valence-corrected chi connectivity index (χ0v) is 12.7. The Balaban J connectivity index is 2.24. The summed E-state index contributed by atoms with van der Waals surface area (Å²) in [5, 5.41) is -0.884. The number of benzene rings is 1. The lowest BCUT2D eigenvalue weighted by Gasteiger charge is -2.21. The predicted molar refractivity (Wildman–Crippen MR) is 78.0 cm³/mol. The summed E-state index contributed by atoms with van der Waals surface area (Å²) in [5.41, 5.74) is 0.415. The van der Waals surface area contributed by atoms with Gasteiger partial charge >= 0.3 is 0 Å². The number of ketones is 1. The van der Waals surface area contributed by atoms with E-state index in [0.29, 0.717) is 24.2 Å². The van der Waals surface area contributed by atoms with Crippen molar-refractivity contribution in [1.29, 1.82) is 0 Å². The van der Waals surface area contributed by atoms with Gasteiger partial charge in [0, 0.05) is 5.56 Å². The molecule has 0 aliphatic carbocycles. The fourth-order valence-corrected chi connectivity index (χ4v) is 4.31. The van der Waals surface area contributed by atoms with E-state index in [1.54, 1.807) is 24.3 Å². The SMILES string of the molecule is CC(C)Oc1cccc(C(=O)C2CCCCS2(=O)=O)c1. The van der Waals surface area contributed by atoms with Crippen LogP contribution in [0.4, 0.5) is 0 Å². The highest BCUT2D eigenvalue weighted by Gasteiger charge is 2.35. The van der Waals surface area contributed by atoms with Crippen LogP contribution in [0.3, 0.4) is 0 Å². The summed E-state index contributed by atoms with van der Waals surface area (Å²) in [6.07, 6.45) is 1.88. The van der Waals surface area contributed by atoms with Crippen molar-refractivity contribution in [3.63, 3.8) is 0 Å². The van der Waals surface area contributed by atoms with Crippen LogP contribution in [-0.4, -0.2) is 31.3 Å². The number of hydrogen-bond donors (Lipinski definition) is 0. The molecule has 110 valence electrons. The molecule has 2 rings (SSSR count). The number of rotatable bonds is 4. The van der Waals surface area contributed by atoms with Gasteiger partial charge in [0.2, 0.25) is 0 Å². The molecular weight excluding hydrogens is 276 g/mol. The first-order valence-corrected chi connectivity index (χ1v) is 8.64. The zero-order valence-electron chi connectivity index (χ0n) is 11.8. The third kappa shape index (κ3) is 3.39.